The number of aromatic carboxylic acids is 1. The number of aromatic nitrogens is 3. The summed E-state index contributed by atoms with van der Waals surface area (Å²) in [6.45, 7) is 0. The van der Waals surface area contributed by atoms with Crippen LogP contribution >= 0.6 is 0 Å². The van der Waals surface area contributed by atoms with Gasteiger partial charge in [-0.2, -0.15) is 18.3 Å². The molecule has 2 aromatic heterocycles. The highest BCUT2D eigenvalue weighted by Gasteiger charge is 2.36. The summed E-state index contributed by atoms with van der Waals surface area (Å²) in [6, 6.07) is 10.9. The number of hydrogen-bond donors (Lipinski definition) is 1. The number of carboxylic acids is 1. The van der Waals surface area contributed by atoms with Crippen LogP contribution < -0.4 is 0 Å². The predicted molar refractivity (Wildman–Crippen MR) is 78.8 cm³/mol. The molecule has 2 heterocycles. The van der Waals surface area contributed by atoms with Gasteiger partial charge < -0.3 is 5.11 Å². The maximum Gasteiger partial charge on any atom is 0.433 e. The lowest BCUT2D eigenvalue weighted by Crippen LogP contribution is -2.13. The van der Waals surface area contributed by atoms with Crippen LogP contribution in [0.5, 0.6) is 0 Å². The highest BCUT2D eigenvalue weighted by Crippen LogP contribution is 2.33. The van der Waals surface area contributed by atoms with Crippen molar-refractivity contribution in [2.45, 2.75) is 6.18 Å². The Labute approximate surface area is 134 Å². The number of carbonyl (C=O) groups is 1. The van der Waals surface area contributed by atoms with E-state index in [1.54, 1.807) is 18.2 Å². The van der Waals surface area contributed by atoms with Gasteiger partial charge in [0.2, 0.25) is 0 Å². The number of hydrogen-bond acceptors (Lipinski definition) is 3. The molecular weight excluding hydrogens is 323 g/mol. The Morgan fingerprint density at radius 2 is 1.83 bits per heavy atom. The van der Waals surface area contributed by atoms with Crippen LogP contribution in [0.3, 0.4) is 0 Å². The Hall–Kier alpha value is -3.16. The lowest BCUT2D eigenvalue weighted by Gasteiger charge is -2.10. The summed E-state index contributed by atoms with van der Waals surface area (Å²) in [5.41, 5.74) is -0.801. The topological polar surface area (TPSA) is 68.0 Å². The summed E-state index contributed by atoms with van der Waals surface area (Å²) >= 11 is 0. The molecule has 0 aliphatic heterocycles. The van der Waals surface area contributed by atoms with Crippen LogP contribution in [0.1, 0.15) is 16.1 Å². The first-order chi connectivity index (χ1) is 11.4. The second kappa shape index (κ2) is 5.80. The van der Waals surface area contributed by atoms with Gasteiger partial charge in [0, 0.05) is 6.20 Å². The predicted octanol–water partition coefficient (Wildman–Crippen LogP) is 3.65. The van der Waals surface area contributed by atoms with Crippen LogP contribution in [-0.4, -0.2) is 25.8 Å². The van der Waals surface area contributed by atoms with E-state index in [2.05, 4.69) is 10.1 Å². The summed E-state index contributed by atoms with van der Waals surface area (Å²) < 4.78 is 40.7. The Balaban J connectivity index is 2.18. The van der Waals surface area contributed by atoms with Crippen molar-refractivity contribution in [3.63, 3.8) is 0 Å². The normalized spacial score (nSPS) is 11.5. The number of benzene rings is 1. The summed E-state index contributed by atoms with van der Waals surface area (Å²) in [6.07, 6.45) is -3.20. The second-order valence-corrected chi connectivity index (χ2v) is 4.89. The van der Waals surface area contributed by atoms with Crippen molar-refractivity contribution in [1.29, 1.82) is 0 Å². The van der Waals surface area contributed by atoms with Gasteiger partial charge in [0.05, 0.1) is 16.9 Å². The number of pyridine rings is 1. The van der Waals surface area contributed by atoms with Gasteiger partial charge in [0.25, 0.3) is 0 Å². The molecule has 0 aliphatic carbocycles. The molecule has 3 rings (SSSR count). The zero-order chi connectivity index (χ0) is 17.3. The SMILES string of the molecule is O=C(O)c1cccc(-n2nc(-c3ccccn3)cc2C(F)(F)F)c1. The van der Waals surface area contributed by atoms with Crippen LogP contribution in [-0.2, 0) is 6.18 Å². The molecule has 0 bridgehead atoms. The lowest BCUT2D eigenvalue weighted by atomic mass is 10.2. The van der Waals surface area contributed by atoms with Gasteiger partial charge in [0.1, 0.15) is 11.4 Å². The third-order valence-corrected chi connectivity index (χ3v) is 3.26. The summed E-state index contributed by atoms with van der Waals surface area (Å²) in [5.74, 6) is -1.23. The fourth-order valence-electron chi connectivity index (χ4n) is 2.19. The van der Waals surface area contributed by atoms with Crippen LogP contribution in [0.15, 0.2) is 54.7 Å². The molecule has 1 N–H and O–H groups in total. The molecule has 0 fully saturated rings. The smallest absolute Gasteiger partial charge is 0.433 e. The second-order valence-electron chi connectivity index (χ2n) is 4.89. The molecule has 0 atom stereocenters. The van der Waals surface area contributed by atoms with E-state index in [1.807, 2.05) is 0 Å². The van der Waals surface area contributed by atoms with Gasteiger partial charge in [-0.3, -0.25) is 4.98 Å². The molecule has 24 heavy (non-hydrogen) atoms. The van der Waals surface area contributed by atoms with Crippen LogP contribution in [0, 0.1) is 0 Å². The first kappa shape index (κ1) is 15.7. The number of carboxylic acid groups (broad SMARTS) is 1. The van der Waals surface area contributed by atoms with Gasteiger partial charge in [-0.25, -0.2) is 9.48 Å². The molecule has 1 aromatic carbocycles. The first-order valence-electron chi connectivity index (χ1n) is 6.78. The Morgan fingerprint density at radius 1 is 1.04 bits per heavy atom. The first-order valence-corrected chi connectivity index (χ1v) is 6.78. The van der Waals surface area contributed by atoms with Crippen molar-refractivity contribution in [3.8, 4) is 17.1 Å². The number of nitrogens with zero attached hydrogens (tertiary/aromatic N) is 3. The largest absolute Gasteiger partial charge is 0.478 e. The third-order valence-electron chi connectivity index (χ3n) is 3.26. The highest BCUT2D eigenvalue weighted by molar-refractivity contribution is 5.88. The zero-order valence-electron chi connectivity index (χ0n) is 12.0. The van der Waals surface area contributed by atoms with Crippen molar-refractivity contribution in [1.82, 2.24) is 14.8 Å². The summed E-state index contributed by atoms with van der Waals surface area (Å²) in [5, 5.41) is 13.0. The standard InChI is InChI=1S/C16H10F3N3O2/c17-16(18,19)14-9-13(12-6-1-2-7-20-12)21-22(14)11-5-3-4-10(8-11)15(23)24/h1-9H,(H,23,24). The summed E-state index contributed by atoms with van der Waals surface area (Å²) in [4.78, 5) is 15.0. The molecule has 5 nitrogen and oxygen atoms in total. The van der Waals surface area contributed by atoms with E-state index in [0.717, 1.165) is 12.1 Å². The zero-order valence-corrected chi connectivity index (χ0v) is 12.0. The Morgan fingerprint density at radius 3 is 2.46 bits per heavy atom. The molecule has 3 aromatic rings. The van der Waals surface area contributed by atoms with E-state index >= 15 is 0 Å². The molecule has 0 saturated carbocycles. The average Bonchev–Trinajstić information content (AvgIpc) is 3.01. The van der Waals surface area contributed by atoms with Gasteiger partial charge in [0.15, 0.2) is 0 Å². The number of alkyl halides is 3. The van der Waals surface area contributed by atoms with Gasteiger partial charge in [-0.15, -0.1) is 0 Å². The van der Waals surface area contributed by atoms with E-state index in [4.69, 9.17) is 5.11 Å². The molecule has 8 heteroatoms. The maximum absolute atomic E-state index is 13.3. The minimum absolute atomic E-state index is 0.00408. The molecule has 0 unspecified atom stereocenters. The van der Waals surface area contributed by atoms with Crippen molar-refractivity contribution in [2.75, 3.05) is 0 Å². The quantitative estimate of drug-likeness (QED) is 0.794. The highest BCUT2D eigenvalue weighted by atomic mass is 19.4. The van der Waals surface area contributed by atoms with Crippen molar-refractivity contribution in [3.05, 3.63) is 66.0 Å². The lowest BCUT2D eigenvalue weighted by molar-refractivity contribution is -0.142. The van der Waals surface area contributed by atoms with E-state index in [9.17, 15) is 18.0 Å². The fraction of sp³-hybridized carbons (Fsp3) is 0.0625. The Kier molecular flexibility index (Phi) is 3.80. The Bertz CT molecular complexity index is 889. The van der Waals surface area contributed by atoms with Crippen LogP contribution in [0.2, 0.25) is 0 Å². The van der Waals surface area contributed by atoms with Gasteiger partial charge in [-0.1, -0.05) is 12.1 Å². The maximum atomic E-state index is 13.3. The summed E-state index contributed by atoms with van der Waals surface area (Å²) in [7, 11) is 0. The van der Waals surface area contributed by atoms with Crippen LogP contribution in [0.4, 0.5) is 13.2 Å². The van der Waals surface area contributed by atoms with Crippen LogP contribution in [0.25, 0.3) is 17.1 Å². The monoisotopic (exact) mass is 333 g/mol. The fourth-order valence-corrected chi connectivity index (χ4v) is 2.19. The molecule has 122 valence electrons. The van der Waals surface area contributed by atoms with E-state index in [0.29, 0.717) is 4.68 Å². The van der Waals surface area contributed by atoms with Gasteiger partial charge in [-0.05, 0) is 36.4 Å². The minimum Gasteiger partial charge on any atom is -0.478 e. The molecule has 0 radical (unpaired) electrons. The van der Waals surface area contributed by atoms with E-state index in [1.165, 1.54) is 24.4 Å². The molecule has 0 aliphatic rings. The van der Waals surface area contributed by atoms with E-state index < -0.39 is 17.8 Å². The third kappa shape index (κ3) is 2.98. The number of halogens is 3. The molecule has 0 amide bonds. The average molecular weight is 333 g/mol. The molecule has 0 spiro atoms. The van der Waals surface area contributed by atoms with Crippen molar-refractivity contribution >= 4 is 5.97 Å². The molecule has 0 saturated heterocycles. The van der Waals surface area contributed by atoms with Crippen molar-refractivity contribution in [2.24, 2.45) is 0 Å². The van der Waals surface area contributed by atoms with E-state index in [-0.39, 0.29) is 22.6 Å². The van der Waals surface area contributed by atoms with Gasteiger partial charge >= 0.3 is 12.1 Å². The minimum atomic E-state index is -4.65. The number of rotatable bonds is 3. The van der Waals surface area contributed by atoms with Crippen molar-refractivity contribution < 1.29 is 23.1 Å². The molecular formula is C16H10F3N3O2.